The molecule has 66 valence electrons. The van der Waals surface area contributed by atoms with E-state index >= 15 is 0 Å². The Morgan fingerprint density at radius 2 is 2.08 bits per heavy atom. The summed E-state index contributed by atoms with van der Waals surface area (Å²) in [6, 6.07) is 0.770. The smallest absolute Gasteiger partial charge is 0.197 e. The normalized spacial score (nSPS) is 10.0. The largest absolute Gasteiger partial charge is 0.504 e. The summed E-state index contributed by atoms with van der Waals surface area (Å²) in [5.74, 6) is -2.75. The van der Waals surface area contributed by atoms with E-state index in [2.05, 4.69) is 20.7 Å². The van der Waals surface area contributed by atoms with Gasteiger partial charge < -0.3 is 9.84 Å². The average molecular weight is 239 g/mol. The standard InChI is InChI=1S/C7H5BrF2O2/c1-12-7-4(11)2-3(9)5(8)6(7)10/h2,11H,1H3. The number of hydrogen-bond acceptors (Lipinski definition) is 2. The Bertz CT molecular complexity index is 315. The van der Waals surface area contributed by atoms with E-state index in [-0.39, 0.29) is 10.2 Å². The molecule has 0 saturated carbocycles. The van der Waals surface area contributed by atoms with Crippen LogP contribution in [0.5, 0.6) is 11.5 Å². The van der Waals surface area contributed by atoms with Crippen molar-refractivity contribution in [3.63, 3.8) is 0 Å². The third-order valence-corrected chi connectivity index (χ3v) is 2.03. The van der Waals surface area contributed by atoms with Gasteiger partial charge in [0.25, 0.3) is 0 Å². The van der Waals surface area contributed by atoms with E-state index in [1.165, 1.54) is 7.11 Å². The van der Waals surface area contributed by atoms with Crippen LogP contribution in [-0.2, 0) is 0 Å². The zero-order chi connectivity index (χ0) is 9.30. The molecule has 0 bridgehead atoms. The molecule has 1 rings (SSSR count). The fraction of sp³-hybridized carbons (Fsp3) is 0.143. The molecule has 0 saturated heterocycles. The van der Waals surface area contributed by atoms with E-state index in [1.54, 1.807) is 0 Å². The monoisotopic (exact) mass is 238 g/mol. The van der Waals surface area contributed by atoms with Crippen LogP contribution in [0.25, 0.3) is 0 Å². The molecular weight excluding hydrogens is 234 g/mol. The van der Waals surface area contributed by atoms with Crippen LogP contribution in [0.4, 0.5) is 8.78 Å². The van der Waals surface area contributed by atoms with Crippen molar-refractivity contribution in [2.24, 2.45) is 0 Å². The summed E-state index contributed by atoms with van der Waals surface area (Å²) in [5, 5.41) is 8.97. The molecule has 12 heavy (non-hydrogen) atoms. The molecular formula is C7H5BrF2O2. The third kappa shape index (κ3) is 1.36. The Morgan fingerprint density at radius 3 is 2.58 bits per heavy atom. The van der Waals surface area contributed by atoms with Crippen LogP contribution >= 0.6 is 15.9 Å². The van der Waals surface area contributed by atoms with Gasteiger partial charge in [-0.1, -0.05) is 0 Å². The molecule has 0 atom stereocenters. The lowest BCUT2D eigenvalue weighted by molar-refractivity contribution is 0.346. The van der Waals surface area contributed by atoms with E-state index < -0.39 is 17.4 Å². The van der Waals surface area contributed by atoms with E-state index in [0.717, 1.165) is 6.07 Å². The maximum atomic E-state index is 13.0. The van der Waals surface area contributed by atoms with Crippen molar-refractivity contribution in [2.75, 3.05) is 7.11 Å². The van der Waals surface area contributed by atoms with Crippen molar-refractivity contribution >= 4 is 15.9 Å². The molecule has 0 heterocycles. The zero-order valence-corrected chi connectivity index (χ0v) is 7.65. The Morgan fingerprint density at radius 1 is 1.50 bits per heavy atom. The molecule has 0 fully saturated rings. The lowest BCUT2D eigenvalue weighted by Crippen LogP contribution is -1.92. The minimum absolute atomic E-state index is 0.350. The highest BCUT2D eigenvalue weighted by Crippen LogP contribution is 2.35. The van der Waals surface area contributed by atoms with Crippen LogP contribution in [0, 0.1) is 11.6 Å². The summed E-state index contributed by atoms with van der Waals surface area (Å²) >= 11 is 2.66. The van der Waals surface area contributed by atoms with Crippen LogP contribution in [0.1, 0.15) is 0 Å². The number of methoxy groups -OCH3 is 1. The average Bonchev–Trinajstić information content (AvgIpc) is 2.01. The topological polar surface area (TPSA) is 29.5 Å². The van der Waals surface area contributed by atoms with Gasteiger partial charge in [-0.05, 0) is 15.9 Å². The fourth-order valence-corrected chi connectivity index (χ4v) is 1.05. The van der Waals surface area contributed by atoms with Gasteiger partial charge in [0.2, 0.25) is 0 Å². The van der Waals surface area contributed by atoms with Crippen molar-refractivity contribution in [1.29, 1.82) is 0 Å². The minimum atomic E-state index is -0.949. The maximum absolute atomic E-state index is 13.0. The number of phenolic OH excluding ortho intramolecular Hbond substituents is 1. The summed E-state index contributed by atoms with van der Waals surface area (Å²) in [5.41, 5.74) is 0. The van der Waals surface area contributed by atoms with Gasteiger partial charge in [0.15, 0.2) is 17.3 Å². The van der Waals surface area contributed by atoms with Gasteiger partial charge in [0, 0.05) is 6.07 Å². The van der Waals surface area contributed by atoms with Gasteiger partial charge in [0.05, 0.1) is 11.6 Å². The molecule has 5 heteroatoms. The van der Waals surface area contributed by atoms with Crippen molar-refractivity contribution in [2.45, 2.75) is 0 Å². The van der Waals surface area contributed by atoms with Gasteiger partial charge in [-0.25, -0.2) is 8.78 Å². The molecule has 0 aliphatic heterocycles. The number of aromatic hydroxyl groups is 1. The fourth-order valence-electron chi connectivity index (χ4n) is 0.760. The Labute approximate surface area is 75.9 Å². The van der Waals surface area contributed by atoms with Crippen LogP contribution in [-0.4, -0.2) is 12.2 Å². The van der Waals surface area contributed by atoms with Crippen LogP contribution in [0.2, 0.25) is 0 Å². The first-order valence-electron chi connectivity index (χ1n) is 2.98. The molecule has 0 unspecified atom stereocenters. The second-order valence-corrected chi connectivity index (χ2v) is 2.83. The van der Waals surface area contributed by atoms with Crippen molar-refractivity contribution in [3.8, 4) is 11.5 Å². The van der Waals surface area contributed by atoms with Crippen molar-refractivity contribution in [1.82, 2.24) is 0 Å². The van der Waals surface area contributed by atoms with Gasteiger partial charge in [0.1, 0.15) is 5.82 Å². The molecule has 1 aromatic carbocycles. The highest BCUT2D eigenvalue weighted by Gasteiger charge is 2.16. The number of hydrogen-bond donors (Lipinski definition) is 1. The number of halogens is 3. The SMILES string of the molecule is COc1c(O)cc(F)c(Br)c1F. The number of ether oxygens (including phenoxy) is 1. The van der Waals surface area contributed by atoms with Crippen molar-refractivity contribution < 1.29 is 18.6 Å². The summed E-state index contributed by atoms with van der Waals surface area (Å²) in [4.78, 5) is 0. The first-order chi connectivity index (χ1) is 5.57. The highest BCUT2D eigenvalue weighted by molar-refractivity contribution is 9.10. The third-order valence-electron chi connectivity index (χ3n) is 1.30. The Kier molecular flexibility index (Phi) is 2.52. The Balaban J connectivity index is 3.40. The van der Waals surface area contributed by atoms with Gasteiger partial charge >= 0.3 is 0 Å². The molecule has 0 radical (unpaired) electrons. The van der Waals surface area contributed by atoms with E-state index in [0.29, 0.717) is 0 Å². The first-order valence-corrected chi connectivity index (χ1v) is 3.77. The molecule has 0 aliphatic rings. The highest BCUT2D eigenvalue weighted by atomic mass is 79.9. The van der Waals surface area contributed by atoms with E-state index in [4.69, 9.17) is 5.11 Å². The van der Waals surface area contributed by atoms with Crippen LogP contribution in [0.15, 0.2) is 10.5 Å². The molecule has 0 spiro atoms. The minimum Gasteiger partial charge on any atom is -0.504 e. The lowest BCUT2D eigenvalue weighted by atomic mass is 10.3. The number of rotatable bonds is 1. The molecule has 0 amide bonds. The molecule has 1 N–H and O–H groups in total. The Hall–Kier alpha value is -0.840. The summed E-state index contributed by atoms with van der Waals surface area (Å²) in [6.45, 7) is 0. The second-order valence-electron chi connectivity index (χ2n) is 2.04. The summed E-state index contributed by atoms with van der Waals surface area (Å²) in [6.07, 6.45) is 0. The maximum Gasteiger partial charge on any atom is 0.197 e. The van der Waals surface area contributed by atoms with E-state index in [1.807, 2.05) is 0 Å². The van der Waals surface area contributed by atoms with Crippen molar-refractivity contribution in [3.05, 3.63) is 22.2 Å². The lowest BCUT2D eigenvalue weighted by Gasteiger charge is -2.05. The quantitative estimate of drug-likeness (QED) is 0.762. The number of phenols is 1. The molecule has 0 aliphatic carbocycles. The second kappa shape index (κ2) is 3.26. The van der Waals surface area contributed by atoms with Gasteiger partial charge in [-0.15, -0.1) is 0 Å². The molecule has 1 aromatic rings. The number of benzene rings is 1. The van der Waals surface area contributed by atoms with Gasteiger partial charge in [-0.3, -0.25) is 0 Å². The summed E-state index contributed by atoms with van der Waals surface area (Å²) in [7, 11) is 1.18. The predicted molar refractivity (Wildman–Crippen MR) is 42.3 cm³/mol. The van der Waals surface area contributed by atoms with Crippen LogP contribution in [0.3, 0.4) is 0 Å². The van der Waals surface area contributed by atoms with Crippen LogP contribution < -0.4 is 4.74 Å². The first kappa shape index (κ1) is 9.25. The van der Waals surface area contributed by atoms with Gasteiger partial charge in [-0.2, -0.15) is 0 Å². The zero-order valence-electron chi connectivity index (χ0n) is 6.07. The predicted octanol–water partition coefficient (Wildman–Crippen LogP) is 2.44. The van der Waals surface area contributed by atoms with E-state index in [9.17, 15) is 8.78 Å². The molecule has 0 aromatic heterocycles. The molecule has 2 nitrogen and oxygen atoms in total. The summed E-state index contributed by atoms with van der Waals surface area (Å²) < 4.78 is 29.7.